The van der Waals surface area contributed by atoms with Crippen molar-refractivity contribution < 1.29 is 23.4 Å². The van der Waals surface area contributed by atoms with Crippen LogP contribution in [0.15, 0.2) is 66.9 Å². The van der Waals surface area contributed by atoms with Gasteiger partial charge < -0.3 is 14.4 Å². The quantitative estimate of drug-likeness (QED) is 0.300. The average molecular weight is 474 g/mol. The average Bonchev–Trinajstić information content (AvgIpc) is 3.24. The van der Waals surface area contributed by atoms with Crippen molar-refractivity contribution in [3.63, 3.8) is 0 Å². The van der Waals surface area contributed by atoms with E-state index in [-0.39, 0.29) is 12.3 Å². The van der Waals surface area contributed by atoms with Crippen LogP contribution in [0.2, 0.25) is 0 Å². The van der Waals surface area contributed by atoms with Crippen molar-refractivity contribution in [2.45, 2.75) is 39.3 Å². The van der Waals surface area contributed by atoms with Crippen molar-refractivity contribution in [3.05, 3.63) is 101 Å². The fourth-order valence-corrected chi connectivity index (χ4v) is 4.20. The molecule has 0 fully saturated rings. The lowest BCUT2D eigenvalue weighted by Crippen LogP contribution is -2.05. The number of fused-ring (bicyclic) bond motifs is 1. The van der Waals surface area contributed by atoms with E-state index >= 15 is 0 Å². The summed E-state index contributed by atoms with van der Waals surface area (Å²) in [5.74, 6) is 3.45. The molecule has 0 spiro atoms. The van der Waals surface area contributed by atoms with Crippen LogP contribution in [0.1, 0.15) is 41.5 Å². The molecule has 0 saturated carbocycles. The van der Waals surface area contributed by atoms with E-state index in [9.17, 15) is 13.6 Å². The predicted octanol–water partition coefficient (Wildman–Crippen LogP) is 6.44. The summed E-state index contributed by atoms with van der Waals surface area (Å²) in [5, 5.41) is 10.2. The molecule has 0 unspecified atom stereocenters. The molecular formula is C29H25F2NO3. The summed E-state index contributed by atoms with van der Waals surface area (Å²) in [5.41, 5.74) is 4.58. The first-order valence-electron chi connectivity index (χ1n) is 11.2. The summed E-state index contributed by atoms with van der Waals surface area (Å²) >= 11 is 0. The molecule has 1 aromatic heterocycles. The number of carbonyl (C=O) groups is 1. The van der Waals surface area contributed by atoms with E-state index in [2.05, 4.69) is 11.8 Å². The number of rotatable bonds is 8. The lowest BCUT2D eigenvalue weighted by molar-refractivity contribution is -0.137. The van der Waals surface area contributed by atoms with E-state index < -0.39 is 17.6 Å². The zero-order chi connectivity index (χ0) is 24.9. The largest absolute Gasteiger partial charge is 0.489 e. The van der Waals surface area contributed by atoms with Crippen molar-refractivity contribution >= 4 is 16.9 Å². The van der Waals surface area contributed by atoms with Crippen LogP contribution in [-0.2, 0) is 17.9 Å². The third kappa shape index (κ3) is 5.52. The van der Waals surface area contributed by atoms with Crippen molar-refractivity contribution in [2.24, 2.45) is 0 Å². The lowest BCUT2D eigenvalue weighted by atomic mass is 9.96. The van der Waals surface area contributed by atoms with Crippen LogP contribution >= 0.6 is 0 Å². The molecule has 0 aliphatic carbocycles. The Kier molecular flexibility index (Phi) is 7.17. The van der Waals surface area contributed by atoms with Crippen molar-refractivity contribution in [2.75, 3.05) is 0 Å². The highest BCUT2D eigenvalue weighted by atomic mass is 19.2. The second kappa shape index (κ2) is 10.4. The monoisotopic (exact) mass is 473 g/mol. The molecule has 0 saturated heterocycles. The Bertz CT molecular complexity index is 1430. The van der Waals surface area contributed by atoms with Crippen molar-refractivity contribution in [1.29, 1.82) is 0 Å². The normalized spacial score (nSPS) is 11.7. The maximum Gasteiger partial charge on any atom is 0.304 e. The maximum atomic E-state index is 13.7. The minimum atomic E-state index is -0.891. The highest BCUT2D eigenvalue weighted by molar-refractivity contribution is 5.84. The zero-order valence-electron chi connectivity index (χ0n) is 19.5. The van der Waals surface area contributed by atoms with Crippen LogP contribution in [0.5, 0.6) is 5.75 Å². The number of nitrogens with zero attached hydrogens (tertiary/aromatic N) is 1. The summed E-state index contributed by atoms with van der Waals surface area (Å²) in [7, 11) is 0. The van der Waals surface area contributed by atoms with Crippen molar-refractivity contribution in [1.82, 2.24) is 4.57 Å². The summed E-state index contributed by atoms with van der Waals surface area (Å²) in [6, 6.07) is 17.3. The van der Waals surface area contributed by atoms with Gasteiger partial charge in [-0.1, -0.05) is 36.3 Å². The summed E-state index contributed by atoms with van der Waals surface area (Å²) in [6.45, 7) is 4.49. The molecule has 4 rings (SSSR count). The number of aromatic nitrogens is 1. The number of hydrogen-bond donors (Lipinski definition) is 1. The van der Waals surface area contributed by atoms with E-state index in [0.29, 0.717) is 24.5 Å². The minimum Gasteiger partial charge on any atom is -0.489 e. The molecule has 4 nitrogen and oxygen atoms in total. The number of benzene rings is 3. The molecule has 178 valence electrons. The van der Waals surface area contributed by atoms with Gasteiger partial charge in [0.25, 0.3) is 0 Å². The second-order valence-electron chi connectivity index (χ2n) is 8.38. The van der Waals surface area contributed by atoms with Gasteiger partial charge in [0.1, 0.15) is 12.4 Å². The third-order valence-electron chi connectivity index (χ3n) is 6.01. The van der Waals surface area contributed by atoms with Crippen LogP contribution in [0.4, 0.5) is 8.78 Å². The Morgan fingerprint density at radius 3 is 2.51 bits per heavy atom. The molecule has 0 aliphatic heterocycles. The van der Waals surface area contributed by atoms with Crippen LogP contribution in [0.3, 0.4) is 0 Å². The predicted molar refractivity (Wildman–Crippen MR) is 131 cm³/mol. The molecule has 0 bridgehead atoms. The van der Waals surface area contributed by atoms with Crippen LogP contribution in [0, 0.1) is 30.4 Å². The van der Waals surface area contributed by atoms with Gasteiger partial charge in [0.15, 0.2) is 11.6 Å². The van der Waals surface area contributed by atoms with E-state index in [0.717, 1.165) is 33.7 Å². The van der Waals surface area contributed by atoms with Gasteiger partial charge in [0.05, 0.1) is 17.9 Å². The Morgan fingerprint density at radius 1 is 1.06 bits per heavy atom. The fraction of sp³-hybridized carbons (Fsp3) is 0.207. The lowest BCUT2D eigenvalue weighted by Gasteiger charge is -2.14. The number of ether oxygens (including phenoxy) is 1. The van der Waals surface area contributed by atoms with E-state index in [4.69, 9.17) is 9.84 Å². The van der Waals surface area contributed by atoms with E-state index in [1.807, 2.05) is 60.2 Å². The van der Waals surface area contributed by atoms with Gasteiger partial charge in [-0.3, -0.25) is 4.79 Å². The fourth-order valence-electron chi connectivity index (χ4n) is 4.20. The van der Waals surface area contributed by atoms with Crippen LogP contribution < -0.4 is 4.74 Å². The van der Waals surface area contributed by atoms with Gasteiger partial charge in [0, 0.05) is 12.7 Å². The van der Waals surface area contributed by atoms with Gasteiger partial charge in [0.2, 0.25) is 0 Å². The standard InChI is InChI=1S/C29H25F2NO3/c1-3-4-23(16-28(33)34)21-8-10-25(11-9-21)35-18-24-7-6-22-13-14-32(29(22)19(24)2)17-20-5-12-26(30)27(31)15-20/h5-15,23H,16-18H2,1-2H3,(H,33,34)/t23-/m0/s1. The molecule has 0 aliphatic rings. The van der Waals surface area contributed by atoms with Crippen LogP contribution in [0.25, 0.3) is 10.9 Å². The molecule has 35 heavy (non-hydrogen) atoms. The first kappa shape index (κ1) is 24.0. The second-order valence-corrected chi connectivity index (χ2v) is 8.38. The topological polar surface area (TPSA) is 51.5 Å². The first-order valence-corrected chi connectivity index (χ1v) is 11.2. The molecule has 3 aromatic carbocycles. The molecule has 0 amide bonds. The van der Waals surface area contributed by atoms with Gasteiger partial charge in [-0.25, -0.2) is 8.78 Å². The van der Waals surface area contributed by atoms with Gasteiger partial charge in [-0.2, -0.15) is 0 Å². The summed E-state index contributed by atoms with van der Waals surface area (Å²) in [4.78, 5) is 11.1. The molecule has 1 heterocycles. The molecular weight excluding hydrogens is 448 g/mol. The molecule has 6 heteroatoms. The summed E-state index contributed by atoms with van der Waals surface area (Å²) < 4.78 is 35.0. The highest BCUT2D eigenvalue weighted by Crippen LogP contribution is 2.27. The third-order valence-corrected chi connectivity index (χ3v) is 6.01. The van der Waals surface area contributed by atoms with Gasteiger partial charge >= 0.3 is 5.97 Å². The number of carboxylic acids is 1. The number of hydrogen-bond acceptors (Lipinski definition) is 2. The van der Waals surface area contributed by atoms with E-state index in [1.165, 1.54) is 6.07 Å². The smallest absolute Gasteiger partial charge is 0.304 e. The number of halogens is 2. The molecule has 1 N–H and O–H groups in total. The first-order chi connectivity index (χ1) is 16.9. The maximum absolute atomic E-state index is 13.7. The molecule has 1 atom stereocenters. The summed E-state index contributed by atoms with van der Waals surface area (Å²) in [6.07, 6.45) is 1.89. The van der Waals surface area contributed by atoms with Gasteiger partial charge in [-0.15, -0.1) is 5.92 Å². The number of aryl methyl sites for hydroxylation is 1. The van der Waals surface area contributed by atoms with Crippen LogP contribution in [-0.4, -0.2) is 15.6 Å². The van der Waals surface area contributed by atoms with Crippen molar-refractivity contribution in [3.8, 4) is 17.6 Å². The Morgan fingerprint density at radius 2 is 1.83 bits per heavy atom. The van der Waals surface area contributed by atoms with Gasteiger partial charge in [-0.05, 0) is 71.8 Å². The SMILES string of the molecule is CC#C[C@@H](CC(=O)O)c1ccc(OCc2ccc3ccn(Cc4ccc(F)c(F)c4)c3c2C)cc1. The highest BCUT2D eigenvalue weighted by Gasteiger charge is 2.14. The van der Waals surface area contributed by atoms with E-state index in [1.54, 1.807) is 13.0 Å². The Balaban J connectivity index is 1.51. The Labute approximate surface area is 202 Å². The zero-order valence-corrected chi connectivity index (χ0v) is 19.5. The molecule has 4 aromatic rings. The Hall–Kier alpha value is -4.11. The molecule has 0 radical (unpaired) electrons. The number of aliphatic carboxylic acids is 1. The minimum absolute atomic E-state index is 0.0511. The number of carboxylic acid groups (broad SMARTS) is 1.